The van der Waals surface area contributed by atoms with E-state index in [1.165, 1.54) is 5.56 Å². The van der Waals surface area contributed by atoms with Crippen molar-refractivity contribution >= 4 is 35.1 Å². The fourth-order valence-electron chi connectivity index (χ4n) is 4.36. The van der Waals surface area contributed by atoms with Crippen LogP contribution in [0.3, 0.4) is 0 Å². The fraction of sp³-hybridized carbons (Fsp3) is 0.522. The molecule has 2 N–H and O–H groups in total. The molecule has 1 atom stereocenters. The van der Waals surface area contributed by atoms with Crippen molar-refractivity contribution in [1.29, 1.82) is 0 Å². The van der Waals surface area contributed by atoms with Crippen LogP contribution in [0.2, 0.25) is 5.02 Å². The number of nitrogens with two attached hydrogens (primary N) is 1. The minimum absolute atomic E-state index is 0.135. The Labute approximate surface area is 193 Å². The molecule has 0 radical (unpaired) electrons. The Hall–Kier alpha value is -1.83. The number of amides is 1. The summed E-state index contributed by atoms with van der Waals surface area (Å²) in [6.07, 6.45) is 3.44. The van der Waals surface area contributed by atoms with Gasteiger partial charge in [-0.25, -0.2) is 9.97 Å². The second-order valence-corrected chi connectivity index (χ2v) is 9.57. The van der Waals surface area contributed by atoms with Crippen molar-refractivity contribution in [3.05, 3.63) is 52.4 Å². The molecule has 0 bridgehead atoms. The predicted molar refractivity (Wildman–Crippen MR) is 128 cm³/mol. The van der Waals surface area contributed by atoms with Crippen molar-refractivity contribution < 1.29 is 4.79 Å². The standard InChI is InChI=1S/C21H24ClN5OS.C2H6/c22-15-3-1-14(2-4-15)18(21(23)5-6-21)20(28)27-9-7-26(8-10-27)19-16-11-29-12-17(16)24-13-25-19;1-2/h1-4,13,18H,5-12,23H2;1-2H3. The Morgan fingerprint density at radius 3 is 2.42 bits per heavy atom. The van der Waals surface area contributed by atoms with Gasteiger partial charge in [0.2, 0.25) is 5.91 Å². The summed E-state index contributed by atoms with van der Waals surface area (Å²) in [5.74, 6) is 2.81. The lowest BCUT2D eigenvalue weighted by molar-refractivity contribution is -0.133. The number of nitrogens with zero attached hydrogens (tertiary/aromatic N) is 4. The summed E-state index contributed by atoms with van der Waals surface area (Å²) in [7, 11) is 0. The van der Waals surface area contributed by atoms with E-state index in [2.05, 4.69) is 14.9 Å². The molecule has 2 aliphatic heterocycles. The third-order valence-electron chi connectivity index (χ3n) is 6.24. The predicted octanol–water partition coefficient (Wildman–Crippen LogP) is 3.83. The van der Waals surface area contributed by atoms with E-state index in [4.69, 9.17) is 17.3 Å². The van der Waals surface area contributed by atoms with Crippen LogP contribution in [0.25, 0.3) is 0 Å². The number of thioether (sulfide) groups is 1. The van der Waals surface area contributed by atoms with Crippen molar-refractivity contribution in [3.8, 4) is 0 Å². The average Bonchev–Trinajstić information content (AvgIpc) is 3.35. The first-order chi connectivity index (χ1) is 15.0. The van der Waals surface area contributed by atoms with Gasteiger partial charge in [0, 0.05) is 53.8 Å². The molecule has 3 aliphatic rings. The maximum Gasteiger partial charge on any atom is 0.232 e. The van der Waals surface area contributed by atoms with E-state index in [0.29, 0.717) is 18.1 Å². The maximum absolute atomic E-state index is 13.5. The molecule has 31 heavy (non-hydrogen) atoms. The highest BCUT2D eigenvalue weighted by atomic mass is 35.5. The SMILES string of the molecule is CC.NC1(C(C(=O)N2CCN(c3ncnc4c3CSC4)CC2)c2ccc(Cl)cc2)CC1. The zero-order valence-electron chi connectivity index (χ0n) is 18.2. The van der Waals surface area contributed by atoms with Gasteiger partial charge in [-0.05, 0) is 30.5 Å². The number of anilines is 1. The van der Waals surface area contributed by atoms with E-state index in [-0.39, 0.29) is 11.8 Å². The van der Waals surface area contributed by atoms with E-state index >= 15 is 0 Å². The second-order valence-electron chi connectivity index (χ2n) is 8.15. The molecule has 1 saturated heterocycles. The van der Waals surface area contributed by atoms with Crippen LogP contribution in [0.5, 0.6) is 0 Å². The number of aromatic nitrogens is 2. The highest BCUT2D eigenvalue weighted by molar-refractivity contribution is 7.98. The Balaban J connectivity index is 0.00000112. The lowest BCUT2D eigenvalue weighted by Gasteiger charge is -2.38. The number of hydrogen-bond donors (Lipinski definition) is 1. The summed E-state index contributed by atoms with van der Waals surface area (Å²) in [6, 6.07) is 7.56. The van der Waals surface area contributed by atoms with Crippen LogP contribution >= 0.6 is 23.4 Å². The Bertz CT molecular complexity index is 926. The molecule has 3 heterocycles. The van der Waals surface area contributed by atoms with E-state index < -0.39 is 5.54 Å². The van der Waals surface area contributed by atoms with Gasteiger partial charge in [-0.1, -0.05) is 37.6 Å². The third kappa shape index (κ3) is 4.54. The van der Waals surface area contributed by atoms with Gasteiger partial charge < -0.3 is 15.5 Å². The van der Waals surface area contributed by atoms with Crippen molar-refractivity contribution in [3.63, 3.8) is 0 Å². The van der Waals surface area contributed by atoms with Gasteiger partial charge >= 0.3 is 0 Å². The number of hydrogen-bond acceptors (Lipinski definition) is 6. The van der Waals surface area contributed by atoms with Crippen LogP contribution < -0.4 is 10.6 Å². The molecule has 0 spiro atoms. The van der Waals surface area contributed by atoms with Crippen molar-refractivity contribution in [1.82, 2.24) is 14.9 Å². The Morgan fingerprint density at radius 2 is 1.77 bits per heavy atom. The molecule has 5 rings (SSSR count). The normalized spacial score (nSPS) is 19.9. The fourth-order valence-corrected chi connectivity index (χ4v) is 5.53. The molecule has 8 heteroatoms. The summed E-state index contributed by atoms with van der Waals surface area (Å²) >= 11 is 7.93. The number of carbonyl (C=O) groups is 1. The largest absolute Gasteiger partial charge is 0.353 e. The van der Waals surface area contributed by atoms with E-state index in [9.17, 15) is 4.79 Å². The van der Waals surface area contributed by atoms with Crippen LogP contribution in [0.4, 0.5) is 5.82 Å². The van der Waals surface area contributed by atoms with Gasteiger partial charge in [0.15, 0.2) is 0 Å². The van der Waals surface area contributed by atoms with Crippen LogP contribution in [-0.2, 0) is 16.3 Å². The highest BCUT2D eigenvalue weighted by Gasteiger charge is 2.51. The molecular weight excluding hydrogens is 430 g/mol. The van der Waals surface area contributed by atoms with Gasteiger partial charge in [-0.15, -0.1) is 0 Å². The first-order valence-corrected chi connectivity index (χ1v) is 12.6. The molecule has 2 fully saturated rings. The average molecular weight is 460 g/mol. The summed E-state index contributed by atoms with van der Waals surface area (Å²) in [5.41, 5.74) is 9.49. The first kappa shape index (κ1) is 22.4. The molecule has 1 aromatic heterocycles. The first-order valence-electron chi connectivity index (χ1n) is 11.0. The lowest BCUT2D eigenvalue weighted by atomic mass is 9.88. The molecule has 1 saturated carbocycles. The molecule has 1 aromatic carbocycles. The zero-order chi connectivity index (χ0) is 22.0. The summed E-state index contributed by atoms with van der Waals surface area (Å²) in [5, 5.41) is 0.672. The van der Waals surface area contributed by atoms with Gasteiger partial charge in [0.05, 0.1) is 11.6 Å². The van der Waals surface area contributed by atoms with Crippen molar-refractivity contribution in [2.24, 2.45) is 5.73 Å². The number of rotatable bonds is 4. The highest BCUT2D eigenvalue weighted by Crippen LogP contribution is 2.46. The number of fused-ring (bicyclic) bond motifs is 1. The topological polar surface area (TPSA) is 75.4 Å². The van der Waals surface area contributed by atoms with Gasteiger partial charge in [-0.2, -0.15) is 11.8 Å². The monoisotopic (exact) mass is 459 g/mol. The minimum atomic E-state index is -0.424. The van der Waals surface area contributed by atoms with Crippen LogP contribution in [0.1, 0.15) is 49.4 Å². The molecule has 6 nitrogen and oxygen atoms in total. The van der Waals surface area contributed by atoms with Crippen LogP contribution in [-0.4, -0.2) is 52.5 Å². The third-order valence-corrected chi connectivity index (χ3v) is 7.46. The van der Waals surface area contributed by atoms with Crippen LogP contribution in [0.15, 0.2) is 30.6 Å². The van der Waals surface area contributed by atoms with E-state index in [1.54, 1.807) is 6.33 Å². The second kappa shape index (κ2) is 9.35. The van der Waals surface area contributed by atoms with Crippen molar-refractivity contribution in [2.75, 3.05) is 31.1 Å². The molecule has 1 aliphatic carbocycles. The van der Waals surface area contributed by atoms with Gasteiger partial charge in [-0.3, -0.25) is 4.79 Å². The molecule has 1 amide bonds. The summed E-state index contributed by atoms with van der Waals surface area (Å²) in [6.45, 7) is 6.94. The molecule has 2 aromatic rings. The smallest absolute Gasteiger partial charge is 0.232 e. The Kier molecular flexibility index (Phi) is 6.74. The molecular formula is C23H30ClN5OS. The molecule has 166 valence electrons. The quantitative estimate of drug-likeness (QED) is 0.748. The van der Waals surface area contributed by atoms with Gasteiger partial charge in [0.25, 0.3) is 0 Å². The summed E-state index contributed by atoms with van der Waals surface area (Å²) < 4.78 is 0. The maximum atomic E-state index is 13.5. The number of piperazine rings is 1. The number of carbonyl (C=O) groups excluding carboxylic acids is 1. The number of benzene rings is 1. The van der Waals surface area contributed by atoms with E-state index in [0.717, 1.165) is 54.5 Å². The molecule has 1 unspecified atom stereocenters. The van der Waals surface area contributed by atoms with Crippen LogP contribution in [0, 0.1) is 0 Å². The summed E-state index contributed by atoms with van der Waals surface area (Å²) in [4.78, 5) is 26.7. The minimum Gasteiger partial charge on any atom is -0.353 e. The van der Waals surface area contributed by atoms with Gasteiger partial charge in [0.1, 0.15) is 12.1 Å². The van der Waals surface area contributed by atoms with E-state index in [1.807, 2.05) is 54.8 Å². The Morgan fingerprint density at radius 1 is 1.10 bits per heavy atom. The van der Waals surface area contributed by atoms with Crippen molar-refractivity contribution in [2.45, 2.75) is 49.7 Å². The number of halogens is 1. The lowest BCUT2D eigenvalue weighted by Crippen LogP contribution is -2.53. The zero-order valence-corrected chi connectivity index (χ0v) is 19.8.